The van der Waals surface area contributed by atoms with Crippen molar-refractivity contribution in [1.82, 2.24) is 5.32 Å². The second-order valence-corrected chi connectivity index (χ2v) is 6.44. The molecule has 0 radical (unpaired) electrons. The monoisotopic (exact) mass is 303 g/mol. The van der Waals surface area contributed by atoms with Crippen LogP contribution in [0.3, 0.4) is 0 Å². The van der Waals surface area contributed by atoms with Gasteiger partial charge >= 0.3 is 5.97 Å². The van der Waals surface area contributed by atoms with E-state index < -0.39 is 12.0 Å². The van der Waals surface area contributed by atoms with E-state index in [1.165, 1.54) is 18.4 Å². The molecule has 120 valence electrons. The number of hydrogen-bond acceptors (Lipinski definition) is 2. The maximum Gasteiger partial charge on any atom is 0.326 e. The number of benzene rings is 1. The fourth-order valence-electron chi connectivity index (χ4n) is 3.10. The Morgan fingerprint density at radius 1 is 1.23 bits per heavy atom. The summed E-state index contributed by atoms with van der Waals surface area (Å²) < 4.78 is 0. The molecule has 0 saturated heterocycles. The predicted molar refractivity (Wildman–Crippen MR) is 85.8 cm³/mol. The minimum Gasteiger partial charge on any atom is -0.480 e. The van der Waals surface area contributed by atoms with Gasteiger partial charge in [-0.15, -0.1) is 0 Å². The van der Waals surface area contributed by atoms with E-state index in [2.05, 4.69) is 5.32 Å². The fourth-order valence-corrected chi connectivity index (χ4v) is 3.10. The van der Waals surface area contributed by atoms with Gasteiger partial charge in [0.05, 0.1) is 0 Å². The van der Waals surface area contributed by atoms with Gasteiger partial charge in [-0.2, -0.15) is 0 Å². The van der Waals surface area contributed by atoms with Crippen molar-refractivity contribution in [3.8, 4) is 0 Å². The summed E-state index contributed by atoms with van der Waals surface area (Å²) in [4.78, 5) is 23.5. The highest BCUT2D eigenvalue weighted by atomic mass is 16.4. The number of carbonyl (C=O) groups excluding carboxylic acids is 1. The van der Waals surface area contributed by atoms with Crippen LogP contribution < -0.4 is 5.32 Å². The maximum absolute atomic E-state index is 12.1. The standard InChI is InChI=1S/C18H25NO3/c1-12-7-8-15(9-13(12)2)10-16(18(21)22)19-17(20)11-14-5-3-4-6-14/h7-9,14,16H,3-6,10-11H2,1-2H3,(H,19,20)(H,21,22)/t16-/m1/s1. The van der Waals surface area contributed by atoms with E-state index in [0.29, 0.717) is 18.8 Å². The lowest BCUT2D eigenvalue weighted by Gasteiger charge is -2.17. The zero-order chi connectivity index (χ0) is 16.1. The van der Waals surface area contributed by atoms with E-state index in [-0.39, 0.29) is 5.91 Å². The lowest BCUT2D eigenvalue weighted by molar-refractivity contribution is -0.141. The molecule has 2 N–H and O–H groups in total. The third-order valence-corrected chi connectivity index (χ3v) is 4.59. The number of aliphatic carboxylic acids is 1. The van der Waals surface area contributed by atoms with Crippen molar-refractivity contribution >= 4 is 11.9 Å². The molecule has 1 amide bonds. The number of carboxylic acid groups (broad SMARTS) is 1. The Labute approximate surface area is 131 Å². The van der Waals surface area contributed by atoms with Crippen molar-refractivity contribution in [3.63, 3.8) is 0 Å². The first kappa shape index (κ1) is 16.5. The number of carboxylic acids is 1. The van der Waals surface area contributed by atoms with Crippen LogP contribution in [-0.4, -0.2) is 23.0 Å². The largest absolute Gasteiger partial charge is 0.480 e. The number of aryl methyl sites for hydroxylation is 2. The van der Waals surface area contributed by atoms with Crippen molar-refractivity contribution in [1.29, 1.82) is 0 Å². The summed E-state index contributed by atoms with van der Waals surface area (Å²) in [6, 6.07) is 5.07. The molecular weight excluding hydrogens is 278 g/mol. The lowest BCUT2D eigenvalue weighted by Crippen LogP contribution is -2.42. The van der Waals surface area contributed by atoms with Gasteiger partial charge in [0, 0.05) is 12.8 Å². The molecule has 1 saturated carbocycles. The quantitative estimate of drug-likeness (QED) is 0.849. The van der Waals surface area contributed by atoms with Crippen LogP contribution >= 0.6 is 0 Å². The molecule has 4 heteroatoms. The minimum absolute atomic E-state index is 0.136. The summed E-state index contributed by atoms with van der Waals surface area (Å²) >= 11 is 0. The number of amides is 1. The molecule has 1 aromatic rings. The van der Waals surface area contributed by atoms with Crippen LogP contribution in [0.5, 0.6) is 0 Å². The Kier molecular flexibility index (Phi) is 5.58. The highest BCUT2D eigenvalue weighted by Gasteiger charge is 2.23. The van der Waals surface area contributed by atoms with Gasteiger partial charge in [0.25, 0.3) is 0 Å². The van der Waals surface area contributed by atoms with Crippen LogP contribution in [0.1, 0.15) is 48.8 Å². The van der Waals surface area contributed by atoms with Gasteiger partial charge in [0.2, 0.25) is 5.91 Å². The molecule has 0 aliphatic heterocycles. The van der Waals surface area contributed by atoms with Gasteiger partial charge in [-0.1, -0.05) is 31.0 Å². The van der Waals surface area contributed by atoms with Gasteiger partial charge in [-0.05, 0) is 49.3 Å². The second kappa shape index (κ2) is 7.43. The van der Waals surface area contributed by atoms with Gasteiger partial charge in [0.1, 0.15) is 6.04 Å². The summed E-state index contributed by atoms with van der Waals surface area (Å²) in [6.07, 6.45) is 5.32. The lowest BCUT2D eigenvalue weighted by atomic mass is 10.00. The molecule has 2 rings (SSSR count). The van der Waals surface area contributed by atoms with Crippen molar-refractivity contribution < 1.29 is 14.7 Å². The molecule has 1 fully saturated rings. The summed E-state index contributed by atoms with van der Waals surface area (Å²) in [5.74, 6) is -0.683. The molecule has 1 aliphatic rings. The SMILES string of the molecule is Cc1ccc(C[C@@H](NC(=O)CC2CCCC2)C(=O)O)cc1C. The first-order valence-corrected chi connectivity index (χ1v) is 8.04. The van der Waals surface area contributed by atoms with Crippen LogP contribution in [0.2, 0.25) is 0 Å². The molecule has 22 heavy (non-hydrogen) atoms. The summed E-state index contributed by atoms with van der Waals surface area (Å²) in [5, 5.41) is 12.0. The third-order valence-electron chi connectivity index (χ3n) is 4.59. The molecule has 0 unspecified atom stereocenters. The van der Waals surface area contributed by atoms with E-state index in [4.69, 9.17) is 0 Å². The van der Waals surface area contributed by atoms with E-state index in [1.54, 1.807) is 0 Å². The van der Waals surface area contributed by atoms with Gasteiger partial charge in [-0.25, -0.2) is 4.79 Å². The first-order chi connectivity index (χ1) is 10.5. The van der Waals surface area contributed by atoms with Crippen LogP contribution in [-0.2, 0) is 16.0 Å². The minimum atomic E-state index is -0.974. The predicted octanol–water partition coefficient (Wildman–Crippen LogP) is 3.00. The molecule has 0 heterocycles. The van der Waals surface area contributed by atoms with Crippen molar-refractivity contribution in [2.45, 2.75) is 58.4 Å². The summed E-state index contributed by atoms with van der Waals surface area (Å²) in [5.41, 5.74) is 3.26. The van der Waals surface area contributed by atoms with Crippen LogP contribution in [0.15, 0.2) is 18.2 Å². The number of hydrogen-bond donors (Lipinski definition) is 2. The molecule has 0 spiro atoms. The normalized spacial score (nSPS) is 16.5. The van der Waals surface area contributed by atoms with E-state index in [9.17, 15) is 14.7 Å². The third kappa shape index (κ3) is 4.58. The van der Waals surface area contributed by atoms with Crippen LogP contribution in [0.4, 0.5) is 0 Å². The van der Waals surface area contributed by atoms with Crippen LogP contribution in [0, 0.1) is 19.8 Å². The molecule has 1 aliphatic carbocycles. The Morgan fingerprint density at radius 2 is 1.91 bits per heavy atom. The topological polar surface area (TPSA) is 66.4 Å². The Morgan fingerprint density at radius 3 is 2.50 bits per heavy atom. The Balaban J connectivity index is 1.95. The average Bonchev–Trinajstić information content (AvgIpc) is 2.94. The molecule has 4 nitrogen and oxygen atoms in total. The Bertz CT molecular complexity index is 547. The summed E-state index contributed by atoms with van der Waals surface area (Å²) in [6.45, 7) is 4.03. The highest BCUT2D eigenvalue weighted by molar-refractivity contribution is 5.83. The number of nitrogens with one attached hydrogen (secondary N) is 1. The molecule has 0 aromatic heterocycles. The molecule has 1 atom stereocenters. The van der Waals surface area contributed by atoms with E-state index >= 15 is 0 Å². The van der Waals surface area contributed by atoms with Crippen molar-refractivity contribution in [3.05, 3.63) is 34.9 Å². The zero-order valence-corrected chi connectivity index (χ0v) is 13.4. The Hall–Kier alpha value is -1.84. The van der Waals surface area contributed by atoms with Gasteiger partial charge in [0.15, 0.2) is 0 Å². The summed E-state index contributed by atoms with van der Waals surface area (Å²) in [7, 11) is 0. The smallest absolute Gasteiger partial charge is 0.326 e. The van der Waals surface area contributed by atoms with Gasteiger partial charge < -0.3 is 10.4 Å². The van der Waals surface area contributed by atoms with Crippen molar-refractivity contribution in [2.24, 2.45) is 5.92 Å². The van der Waals surface area contributed by atoms with Gasteiger partial charge in [-0.3, -0.25) is 4.79 Å². The molecular formula is C18H25NO3. The van der Waals surface area contributed by atoms with E-state index in [0.717, 1.165) is 24.0 Å². The fraction of sp³-hybridized carbons (Fsp3) is 0.556. The maximum atomic E-state index is 12.1. The molecule has 1 aromatic carbocycles. The van der Waals surface area contributed by atoms with Crippen LogP contribution in [0.25, 0.3) is 0 Å². The van der Waals surface area contributed by atoms with Crippen molar-refractivity contribution in [2.75, 3.05) is 0 Å². The zero-order valence-electron chi connectivity index (χ0n) is 13.4. The number of rotatable bonds is 6. The first-order valence-electron chi connectivity index (χ1n) is 8.04. The van der Waals surface area contributed by atoms with E-state index in [1.807, 2.05) is 32.0 Å². The molecule has 0 bridgehead atoms. The average molecular weight is 303 g/mol. The highest BCUT2D eigenvalue weighted by Crippen LogP contribution is 2.27. The second-order valence-electron chi connectivity index (χ2n) is 6.44. The number of carbonyl (C=O) groups is 2.